The summed E-state index contributed by atoms with van der Waals surface area (Å²) < 4.78 is 10.4. The molecule has 0 fully saturated rings. The van der Waals surface area contributed by atoms with Crippen LogP contribution in [0.2, 0.25) is 0 Å². The van der Waals surface area contributed by atoms with E-state index < -0.39 is 0 Å². The highest BCUT2D eigenvalue weighted by Gasteiger charge is 2.14. The molecule has 2 N–H and O–H groups in total. The first-order valence-electron chi connectivity index (χ1n) is 5.99. The quantitative estimate of drug-likeness (QED) is 0.737. The van der Waals surface area contributed by atoms with Crippen molar-refractivity contribution in [3.8, 4) is 11.5 Å². The van der Waals surface area contributed by atoms with Crippen LogP contribution in [0.3, 0.4) is 0 Å². The summed E-state index contributed by atoms with van der Waals surface area (Å²) in [4.78, 5) is 11.7. The highest BCUT2D eigenvalue weighted by molar-refractivity contribution is 5.84. The van der Waals surface area contributed by atoms with Crippen LogP contribution in [-0.2, 0) is 4.79 Å². The van der Waals surface area contributed by atoms with Crippen molar-refractivity contribution in [1.29, 1.82) is 0 Å². The Hall–Kier alpha value is -2.17. The van der Waals surface area contributed by atoms with Gasteiger partial charge in [0, 0.05) is 12.6 Å². The Morgan fingerprint density at radius 1 is 1.42 bits per heavy atom. The second-order valence-corrected chi connectivity index (χ2v) is 3.97. The molecule has 0 heterocycles. The third kappa shape index (κ3) is 4.21. The van der Waals surface area contributed by atoms with Gasteiger partial charge in [-0.2, -0.15) is 0 Å². The highest BCUT2D eigenvalue weighted by atomic mass is 16.5. The summed E-state index contributed by atoms with van der Waals surface area (Å²) >= 11 is 0. The molecular weight excluding hydrogens is 244 g/mol. The summed E-state index contributed by atoms with van der Waals surface area (Å²) in [7, 11) is 3.16. The molecule has 0 radical (unpaired) electrons. The molecule has 0 aliphatic carbocycles. The summed E-state index contributed by atoms with van der Waals surface area (Å²) in [6, 6.07) is 5.01. The summed E-state index contributed by atoms with van der Waals surface area (Å²) in [5, 5.41) is 5.82. The molecule has 1 unspecified atom stereocenters. The number of carbonyl (C=O) groups is 1. The summed E-state index contributed by atoms with van der Waals surface area (Å²) in [6.07, 6.45) is 1.64. The Balaban J connectivity index is 2.75. The van der Waals surface area contributed by atoms with E-state index in [1.54, 1.807) is 39.4 Å². The van der Waals surface area contributed by atoms with Crippen molar-refractivity contribution in [1.82, 2.24) is 5.32 Å². The summed E-state index contributed by atoms with van der Waals surface area (Å²) in [6.45, 7) is 5.78. The number of anilines is 1. The fourth-order valence-electron chi connectivity index (χ4n) is 1.54. The van der Waals surface area contributed by atoms with Crippen LogP contribution in [0, 0.1) is 0 Å². The van der Waals surface area contributed by atoms with E-state index in [9.17, 15) is 4.79 Å². The molecule has 0 aromatic heterocycles. The SMILES string of the molecule is C=CCNC(=O)C(C)Nc1ccc(OC)cc1OC. The number of benzene rings is 1. The molecule has 0 saturated heterocycles. The predicted octanol–water partition coefficient (Wildman–Crippen LogP) is 1.81. The molecule has 19 heavy (non-hydrogen) atoms. The van der Waals surface area contributed by atoms with Crippen LogP contribution in [0.4, 0.5) is 5.69 Å². The molecule has 0 bridgehead atoms. The Labute approximate surface area is 113 Å². The van der Waals surface area contributed by atoms with Gasteiger partial charge in [0.2, 0.25) is 5.91 Å². The van der Waals surface area contributed by atoms with Gasteiger partial charge in [-0.25, -0.2) is 0 Å². The lowest BCUT2D eigenvalue weighted by atomic mass is 10.2. The molecule has 0 aliphatic rings. The van der Waals surface area contributed by atoms with Gasteiger partial charge < -0.3 is 20.1 Å². The minimum Gasteiger partial charge on any atom is -0.497 e. The van der Waals surface area contributed by atoms with Gasteiger partial charge >= 0.3 is 0 Å². The second kappa shape index (κ2) is 7.31. The van der Waals surface area contributed by atoms with E-state index in [2.05, 4.69) is 17.2 Å². The van der Waals surface area contributed by atoms with Crippen LogP contribution in [0.25, 0.3) is 0 Å². The molecule has 104 valence electrons. The number of amides is 1. The molecule has 5 heteroatoms. The Bertz CT molecular complexity index is 446. The molecular formula is C14H20N2O3. The van der Waals surface area contributed by atoms with Gasteiger partial charge in [0.1, 0.15) is 17.5 Å². The monoisotopic (exact) mass is 264 g/mol. The van der Waals surface area contributed by atoms with Crippen molar-refractivity contribution in [3.63, 3.8) is 0 Å². The average molecular weight is 264 g/mol. The predicted molar refractivity (Wildman–Crippen MR) is 75.8 cm³/mol. The maximum atomic E-state index is 11.7. The van der Waals surface area contributed by atoms with Gasteiger partial charge in [-0.15, -0.1) is 6.58 Å². The Morgan fingerprint density at radius 2 is 2.16 bits per heavy atom. The molecule has 1 atom stereocenters. The lowest BCUT2D eigenvalue weighted by Crippen LogP contribution is -2.37. The summed E-state index contributed by atoms with van der Waals surface area (Å²) in [5.41, 5.74) is 0.740. The third-order valence-electron chi connectivity index (χ3n) is 2.59. The minimum atomic E-state index is -0.373. The molecule has 0 spiro atoms. The van der Waals surface area contributed by atoms with E-state index in [0.717, 1.165) is 5.69 Å². The maximum absolute atomic E-state index is 11.7. The van der Waals surface area contributed by atoms with Crippen LogP contribution in [0.15, 0.2) is 30.9 Å². The van der Waals surface area contributed by atoms with Crippen LogP contribution < -0.4 is 20.1 Å². The number of ether oxygens (including phenoxy) is 2. The lowest BCUT2D eigenvalue weighted by molar-refractivity contribution is -0.121. The molecule has 0 aliphatic heterocycles. The second-order valence-electron chi connectivity index (χ2n) is 3.97. The number of hydrogen-bond acceptors (Lipinski definition) is 4. The number of methoxy groups -OCH3 is 2. The van der Waals surface area contributed by atoms with Crippen molar-refractivity contribution in [3.05, 3.63) is 30.9 Å². The number of hydrogen-bond donors (Lipinski definition) is 2. The molecule has 5 nitrogen and oxygen atoms in total. The van der Waals surface area contributed by atoms with Crippen molar-refractivity contribution in [2.75, 3.05) is 26.1 Å². The van der Waals surface area contributed by atoms with Crippen LogP contribution in [0.1, 0.15) is 6.92 Å². The van der Waals surface area contributed by atoms with Crippen LogP contribution >= 0.6 is 0 Å². The van der Waals surface area contributed by atoms with Crippen molar-refractivity contribution in [2.24, 2.45) is 0 Å². The van der Waals surface area contributed by atoms with Crippen molar-refractivity contribution < 1.29 is 14.3 Å². The van der Waals surface area contributed by atoms with E-state index in [-0.39, 0.29) is 11.9 Å². The molecule has 1 amide bonds. The molecule has 1 rings (SSSR count). The van der Waals surface area contributed by atoms with E-state index in [4.69, 9.17) is 9.47 Å². The van der Waals surface area contributed by atoms with E-state index in [0.29, 0.717) is 18.0 Å². The maximum Gasteiger partial charge on any atom is 0.242 e. The lowest BCUT2D eigenvalue weighted by Gasteiger charge is -2.17. The van der Waals surface area contributed by atoms with E-state index in [1.807, 2.05) is 6.07 Å². The standard InChI is InChI=1S/C14H20N2O3/c1-5-8-15-14(17)10(2)16-12-7-6-11(18-3)9-13(12)19-4/h5-7,9-10,16H,1,8H2,2-4H3,(H,15,17). The largest absolute Gasteiger partial charge is 0.497 e. The molecule has 1 aromatic carbocycles. The van der Waals surface area contributed by atoms with Crippen molar-refractivity contribution >= 4 is 11.6 Å². The molecule has 1 aromatic rings. The molecule has 0 saturated carbocycles. The number of carbonyl (C=O) groups excluding carboxylic acids is 1. The zero-order valence-electron chi connectivity index (χ0n) is 11.5. The summed E-state index contributed by atoms with van der Waals surface area (Å²) in [5.74, 6) is 1.23. The normalized spacial score (nSPS) is 11.3. The first kappa shape index (κ1) is 14.9. The number of nitrogens with one attached hydrogen (secondary N) is 2. The topological polar surface area (TPSA) is 59.6 Å². The van der Waals surface area contributed by atoms with Gasteiger partial charge in [-0.05, 0) is 19.1 Å². The number of rotatable bonds is 7. The Morgan fingerprint density at radius 3 is 2.74 bits per heavy atom. The van der Waals surface area contributed by atoms with E-state index >= 15 is 0 Å². The van der Waals surface area contributed by atoms with Gasteiger partial charge in [0.25, 0.3) is 0 Å². The van der Waals surface area contributed by atoms with Gasteiger partial charge in [-0.1, -0.05) is 6.08 Å². The zero-order chi connectivity index (χ0) is 14.3. The zero-order valence-corrected chi connectivity index (χ0v) is 11.5. The van der Waals surface area contributed by atoms with Crippen LogP contribution in [-0.4, -0.2) is 32.7 Å². The van der Waals surface area contributed by atoms with Crippen LogP contribution in [0.5, 0.6) is 11.5 Å². The van der Waals surface area contributed by atoms with E-state index in [1.165, 1.54) is 0 Å². The van der Waals surface area contributed by atoms with Gasteiger partial charge in [0.15, 0.2) is 0 Å². The highest BCUT2D eigenvalue weighted by Crippen LogP contribution is 2.29. The first-order chi connectivity index (χ1) is 9.12. The Kier molecular flexibility index (Phi) is 5.73. The fourth-order valence-corrected chi connectivity index (χ4v) is 1.54. The average Bonchev–Trinajstić information content (AvgIpc) is 2.44. The minimum absolute atomic E-state index is 0.0993. The van der Waals surface area contributed by atoms with Gasteiger partial charge in [-0.3, -0.25) is 4.79 Å². The third-order valence-corrected chi connectivity index (χ3v) is 2.59. The smallest absolute Gasteiger partial charge is 0.242 e. The first-order valence-corrected chi connectivity index (χ1v) is 5.99. The van der Waals surface area contributed by atoms with Crippen molar-refractivity contribution in [2.45, 2.75) is 13.0 Å². The fraction of sp³-hybridized carbons (Fsp3) is 0.357. The van der Waals surface area contributed by atoms with Gasteiger partial charge in [0.05, 0.1) is 19.9 Å².